The molecule has 3 aromatic heterocycles. The first-order valence-corrected chi connectivity index (χ1v) is 9.74. The number of fused-ring (bicyclic) bond motifs is 1. The summed E-state index contributed by atoms with van der Waals surface area (Å²) in [4.78, 5) is 24.0. The number of ketones is 1. The summed E-state index contributed by atoms with van der Waals surface area (Å²) in [6.07, 6.45) is 7.38. The van der Waals surface area contributed by atoms with Crippen LogP contribution in [0, 0.1) is 0 Å². The lowest BCUT2D eigenvalue weighted by molar-refractivity contribution is 0.0974. The molecule has 0 spiro atoms. The Hall–Kier alpha value is -3.55. The van der Waals surface area contributed by atoms with E-state index in [1.807, 2.05) is 43.4 Å². The predicted molar refractivity (Wildman–Crippen MR) is 109 cm³/mol. The fraction of sp³-hybridized carbons (Fsp3) is 0.286. The van der Waals surface area contributed by atoms with Crippen molar-refractivity contribution in [2.45, 2.75) is 25.3 Å². The number of carbonyl (C=O) groups is 1. The molecule has 8 heteroatoms. The topological polar surface area (TPSA) is 81.2 Å². The van der Waals surface area contributed by atoms with Gasteiger partial charge >= 0.3 is 0 Å². The minimum atomic E-state index is 0.112. The van der Waals surface area contributed by atoms with Crippen molar-refractivity contribution in [3.05, 3.63) is 60.7 Å². The zero-order chi connectivity index (χ0) is 19.8. The third kappa shape index (κ3) is 3.26. The first kappa shape index (κ1) is 17.5. The van der Waals surface area contributed by atoms with Gasteiger partial charge in [0.2, 0.25) is 0 Å². The lowest BCUT2D eigenvalue weighted by Crippen LogP contribution is -2.33. The number of carbonyl (C=O) groups excluding carboxylic acids is 1. The van der Waals surface area contributed by atoms with Crippen LogP contribution in [0.2, 0.25) is 0 Å². The number of hydrogen-bond donors (Lipinski definition) is 0. The SMILES string of the molecule is Cn1cc(C(=O)CC2CCCN2c2cc(-c3ccccc3)nc3ncnn23)cn1. The molecule has 0 aliphatic carbocycles. The maximum absolute atomic E-state index is 12.8. The van der Waals surface area contributed by atoms with Gasteiger partial charge in [0.1, 0.15) is 12.1 Å². The number of rotatable bonds is 5. The van der Waals surface area contributed by atoms with Gasteiger partial charge in [0.05, 0.1) is 17.5 Å². The molecular formula is C21H21N7O. The van der Waals surface area contributed by atoms with Gasteiger partial charge in [-0.05, 0) is 12.8 Å². The molecule has 1 unspecified atom stereocenters. The summed E-state index contributed by atoms with van der Waals surface area (Å²) in [6, 6.07) is 12.2. The Labute approximate surface area is 167 Å². The molecule has 1 saturated heterocycles. The Balaban J connectivity index is 1.50. The Morgan fingerprint density at radius 2 is 2.07 bits per heavy atom. The highest BCUT2D eigenvalue weighted by Crippen LogP contribution is 2.31. The van der Waals surface area contributed by atoms with Crippen molar-refractivity contribution in [2.75, 3.05) is 11.4 Å². The van der Waals surface area contributed by atoms with Crippen molar-refractivity contribution in [3.63, 3.8) is 0 Å². The van der Waals surface area contributed by atoms with Gasteiger partial charge in [0.15, 0.2) is 5.78 Å². The molecule has 0 saturated carbocycles. The van der Waals surface area contributed by atoms with Gasteiger partial charge in [0.25, 0.3) is 5.78 Å². The summed E-state index contributed by atoms with van der Waals surface area (Å²) in [5.74, 6) is 1.60. The maximum Gasteiger partial charge on any atom is 0.254 e. The second kappa shape index (κ2) is 7.12. The van der Waals surface area contributed by atoms with Crippen molar-refractivity contribution in [1.82, 2.24) is 29.4 Å². The first-order chi connectivity index (χ1) is 14.2. The number of aryl methyl sites for hydroxylation is 1. The maximum atomic E-state index is 12.8. The molecule has 0 amide bonds. The molecule has 1 aromatic carbocycles. The zero-order valence-corrected chi connectivity index (χ0v) is 16.1. The highest BCUT2D eigenvalue weighted by atomic mass is 16.1. The van der Waals surface area contributed by atoms with Crippen molar-refractivity contribution >= 4 is 17.4 Å². The number of benzene rings is 1. The summed E-state index contributed by atoms with van der Waals surface area (Å²) in [5, 5.41) is 8.50. The normalized spacial score (nSPS) is 16.6. The Bertz CT molecular complexity index is 1160. The van der Waals surface area contributed by atoms with E-state index in [4.69, 9.17) is 0 Å². The fourth-order valence-electron chi connectivity index (χ4n) is 4.00. The van der Waals surface area contributed by atoms with Crippen LogP contribution in [0.4, 0.5) is 5.82 Å². The van der Waals surface area contributed by atoms with E-state index in [1.54, 1.807) is 21.6 Å². The molecule has 0 N–H and O–H groups in total. The lowest BCUT2D eigenvalue weighted by Gasteiger charge is -2.26. The molecule has 1 fully saturated rings. The van der Waals surface area contributed by atoms with Gasteiger partial charge in [0, 0.05) is 43.9 Å². The third-order valence-corrected chi connectivity index (χ3v) is 5.42. The highest BCUT2D eigenvalue weighted by molar-refractivity contribution is 5.96. The second-order valence-electron chi connectivity index (χ2n) is 7.36. The van der Waals surface area contributed by atoms with Gasteiger partial charge in [-0.1, -0.05) is 30.3 Å². The minimum absolute atomic E-state index is 0.112. The fourth-order valence-corrected chi connectivity index (χ4v) is 4.00. The van der Waals surface area contributed by atoms with Gasteiger partial charge in [-0.15, -0.1) is 0 Å². The van der Waals surface area contributed by atoms with E-state index < -0.39 is 0 Å². The Morgan fingerprint density at radius 1 is 1.21 bits per heavy atom. The van der Waals surface area contributed by atoms with Crippen LogP contribution in [0.25, 0.3) is 17.0 Å². The summed E-state index contributed by atoms with van der Waals surface area (Å²) in [5.41, 5.74) is 2.54. The average Bonchev–Trinajstić information content (AvgIpc) is 3.48. The smallest absolute Gasteiger partial charge is 0.254 e. The molecule has 1 aliphatic rings. The highest BCUT2D eigenvalue weighted by Gasteiger charge is 2.30. The molecule has 29 heavy (non-hydrogen) atoms. The number of Topliss-reactive ketones (excluding diaryl/α,β-unsaturated/α-hetero) is 1. The number of anilines is 1. The number of nitrogens with zero attached hydrogens (tertiary/aromatic N) is 7. The standard InChI is InChI=1S/C21H21N7O/c1-26-13-16(12-23-26)19(29)10-17-8-5-9-27(17)20-11-18(15-6-3-2-4-7-15)25-21-22-14-24-28(20)21/h2-4,6-7,11-14,17H,5,8-10H2,1H3. The van der Waals surface area contributed by atoms with Crippen molar-refractivity contribution in [1.29, 1.82) is 0 Å². The first-order valence-electron chi connectivity index (χ1n) is 9.74. The van der Waals surface area contributed by atoms with Crippen molar-refractivity contribution in [2.24, 2.45) is 7.05 Å². The molecule has 4 heterocycles. The molecule has 5 rings (SSSR count). The summed E-state index contributed by atoms with van der Waals surface area (Å²) >= 11 is 0. The number of aromatic nitrogens is 6. The van der Waals surface area contributed by atoms with Crippen LogP contribution in [-0.4, -0.2) is 47.7 Å². The van der Waals surface area contributed by atoms with E-state index in [0.717, 1.165) is 36.5 Å². The molecule has 8 nitrogen and oxygen atoms in total. The molecule has 4 aromatic rings. The van der Waals surface area contributed by atoms with E-state index in [2.05, 4.69) is 25.1 Å². The van der Waals surface area contributed by atoms with E-state index >= 15 is 0 Å². The number of hydrogen-bond acceptors (Lipinski definition) is 6. The average molecular weight is 387 g/mol. The van der Waals surface area contributed by atoms with Gasteiger partial charge in [-0.25, -0.2) is 4.98 Å². The molecule has 146 valence electrons. The Kier molecular flexibility index (Phi) is 4.31. The van der Waals surface area contributed by atoms with E-state index in [1.165, 1.54) is 6.33 Å². The molecule has 1 atom stereocenters. The zero-order valence-electron chi connectivity index (χ0n) is 16.1. The third-order valence-electron chi connectivity index (χ3n) is 5.42. The van der Waals surface area contributed by atoms with E-state index in [0.29, 0.717) is 17.8 Å². The van der Waals surface area contributed by atoms with Crippen LogP contribution < -0.4 is 4.90 Å². The lowest BCUT2D eigenvalue weighted by atomic mass is 10.0. The van der Waals surface area contributed by atoms with Crippen LogP contribution in [0.15, 0.2) is 55.1 Å². The predicted octanol–water partition coefficient (Wildman–Crippen LogP) is 2.77. The van der Waals surface area contributed by atoms with Crippen LogP contribution in [0.3, 0.4) is 0 Å². The van der Waals surface area contributed by atoms with Crippen molar-refractivity contribution in [3.8, 4) is 11.3 Å². The summed E-state index contributed by atoms with van der Waals surface area (Å²) in [7, 11) is 1.82. The van der Waals surface area contributed by atoms with Gasteiger partial charge in [-0.3, -0.25) is 9.48 Å². The minimum Gasteiger partial charge on any atom is -0.353 e. The summed E-state index contributed by atoms with van der Waals surface area (Å²) in [6.45, 7) is 0.873. The largest absolute Gasteiger partial charge is 0.353 e. The molecule has 1 aliphatic heterocycles. The van der Waals surface area contributed by atoms with Crippen LogP contribution in [0.1, 0.15) is 29.6 Å². The van der Waals surface area contributed by atoms with Crippen LogP contribution >= 0.6 is 0 Å². The van der Waals surface area contributed by atoms with Gasteiger partial charge < -0.3 is 4.90 Å². The quantitative estimate of drug-likeness (QED) is 0.490. The monoisotopic (exact) mass is 387 g/mol. The van der Waals surface area contributed by atoms with Gasteiger partial charge in [-0.2, -0.15) is 19.7 Å². The molecule has 0 bridgehead atoms. The van der Waals surface area contributed by atoms with Crippen LogP contribution in [0.5, 0.6) is 0 Å². The second-order valence-corrected chi connectivity index (χ2v) is 7.36. The van der Waals surface area contributed by atoms with Crippen LogP contribution in [-0.2, 0) is 7.05 Å². The van der Waals surface area contributed by atoms with E-state index in [9.17, 15) is 4.79 Å². The molecular weight excluding hydrogens is 366 g/mol. The molecule has 0 radical (unpaired) electrons. The summed E-state index contributed by atoms with van der Waals surface area (Å²) < 4.78 is 3.42. The van der Waals surface area contributed by atoms with E-state index in [-0.39, 0.29) is 11.8 Å². The van der Waals surface area contributed by atoms with Crippen molar-refractivity contribution < 1.29 is 4.79 Å². The Morgan fingerprint density at radius 3 is 2.86 bits per heavy atom.